The van der Waals surface area contributed by atoms with E-state index in [1.807, 2.05) is 0 Å². The van der Waals surface area contributed by atoms with Crippen molar-refractivity contribution in [3.63, 3.8) is 0 Å². The summed E-state index contributed by atoms with van der Waals surface area (Å²) < 4.78 is 6.38. The average molecular weight is 274 g/mol. The van der Waals surface area contributed by atoms with Gasteiger partial charge in [-0.2, -0.15) is 0 Å². The molecule has 1 rings (SSSR count). The standard InChI is InChI=1S/C14H30O3Si/c1-11-7-12(9-14(16,8-11)10-15)17-18(5,6)13(2,3)4/h11-12,15-16H,7-10H2,1-6H3/t11-,12-,14+/m0/s1. The van der Waals surface area contributed by atoms with E-state index >= 15 is 0 Å². The molecule has 2 N–H and O–H groups in total. The van der Waals surface area contributed by atoms with E-state index in [9.17, 15) is 10.2 Å². The van der Waals surface area contributed by atoms with E-state index in [0.29, 0.717) is 18.8 Å². The van der Waals surface area contributed by atoms with Gasteiger partial charge in [0, 0.05) is 12.5 Å². The Kier molecular flexibility index (Phi) is 4.70. The highest BCUT2D eigenvalue weighted by atomic mass is 28.4. The van der Waals surface area contributed by atoms with Crippen molar-refractivity contribution >= 4 is 8.32 Å². The topological polar surface area (TPSA) is 49.7 Å². The van der Waals surface area contributed by atoms with Crippen LogP contribution in [-0.4, -0.2) is 36.8 Å². The second kappa shape index (κ2) is 5.23. The van der Waals surface area contributed by atoms with E-state index < -0.39 is 13.9 Å². The molecule has 0 aromatic rings. The summed E-state index contributed by atoms with van der Waals surface area (Å²) in [5.74, 6) is 0.408. The van der Waals surface area contributed by atoms with E-state index in [2.05, 4.69) is 40.8 Å². The van der Waals surface area contributed by atoms with Crippen LogP contribution in [0.5, 0.6) is 0 Å². The Bertz CT molecular complexity index is 285. The van der Waals surface area contributed by atoms with Crippen LogP contribution in [0.15, 0.2) is 0 Å². The third-order valence-electron chi connectivity index (χ3n) is 4.56. The minimum absolute atomic E-state index is 0.0896. The van der Waals surface area contributed by atoms with E-state index in [1.165, 1.54) is 0 Å². The summed E-state index contributed by atoms with van der Waals surface area (Å²) in [6.45, 7) is 13.1. The Balaban J connectivity index is 2.73. The van der Waals surface area contributed by atoms with Crippen molar-refractivity contribution in [2.75, 3.05) is 6.61 Å². The van der Waals surface area contributed by atoms with Crippen LogP contribution in [-0.2, 0) is 4.43 Å². The number of aliphatic hydroxyl groups is 2. The summed E-state index contributed by atoms with van der Waals surface area (Å²) in [5, 5.41) is 19.8. The SMILES string of the molecule is C[C@H]1C[C@H](O[Si](C)(C)C(C)(C)C)C[C@@](O)(CO)C1. The van der Waals surface area contributed by atoms with Gasteiger partial charge in [-0.1, -0.05) is 27.7 Å². The van der Waals surface area contributed by atoms with Gasteiger partial charge in [-0.15, -0.1) is 0 Å². The Morgan fingerprint density at radius 2 is 1.83 bits per heavy atom. The van der Waals surface area contributed by atoms with Gasteiger partial charge in [0.2, 0.25) is 0 Å². The lowest BCUT2D eigenvalue weighted by atomic mass is 9.78. The van der Waals surface area contributed by atoms with Crippen molar-refractivity contribution in [3.8, 4) is 0 Å². The van der Waals surface area contributed by atoms with Crippen molar-refractivity contribution in [1.82, 2.24) is 0 Å². The molecule has 0 saturated heterocycles. The van der Waals surface area contributed by atoms with Gasteiger partial charge in [0.1, 0.15) is 0 Å². The Labute approximate surface area is 113 Å². The number of hydrogen-bond donors (Lipinski definition) is 2. The second-order valence-electron chi connectivity index (χ2n) is 7.63. The molecule has 1 aliphatic carbocycles. The summed E-state index contributed by atoms with van der Waals surface area (Å²) in [6, 6.07) is 0. The number of hydrogen-bond acceptors (Lipinski definition) is 3. The normalized spacial score (nSPS) is 34.7. The van der Waals surface area contributed by atoms with Crippen LogP contribution in [0.2, 0.25) is 18.1 Å². The zero-order chi connectivity index (χ0) is 14.2. The molecule has 0 unspecified atom stereocenters. The summed E-state index contributed by atoms with van der Waals surface area (Å²) in [4.78, 5) is 0. The second-order valence-corrected chi connectivity index (χ2v) is 12.4. The van der Waals surface area contributed by atoms with Gasteiger partial charge in [-0.25, -0.2) is 0 Å². The highest BCUT2D eigenvalue weighted by Crippen LogP contribution is 2.41. The summed E-state index contributed by atoms with van der Waals surface area (Å²) in [5.41, 5.74) is -0.940. The fourth-order valence-electron chi connectivity index (χ4n) is 2.58. The third kappa shape index (κ3) is 3.79. The maximum Gasteiger partial charge on any atom is 0.192 e. The van der Waals surface area contributed by atoms with Gasteiger partial charge in [-0.05, 0) is 36.9 Å². The Morgan fingerprint density at radius 3 is 2.28 bits per heavy atom. The molecule has 108 valence electrons. The van der Waals surface area contributed by atoms with Crippen LogP contribution in [0.4, 0.5) is 0 Å². The van der Waals surface area contributed by atoms with Gasteiger partial charge >= 0.3 is 0 Å². The number of aliphatic hydroxyl groups excluding tert-OH is 1. The molecule has 3 nitrogen and oxygen atoms in total. The molecular weight excluding hydrogens is 244 g/mol. The largest absolute Gasteiger partial charge is 0.414 e. The van der Waals surface area contributed by atoms with Crippen molar-refractivity contribution in [3.05, 3.63) is 0 Å². The lowest BCUT2D eigenvalue weighted by Crippen LogP contribution is -2.50. The first kappa shape index (κ1) is 16.2. The van der Waals surface area contributed by atoms with Crippen molar-refractivity contribution in [1.29, 1.82) is 0 Å². The van der Waals surface area contributed by atoms with Crippen LogP contribution in [0.25, 0.3) is 0 Å². The molecule has 0 heterocycles. The van der Waals surface area contributed by atoms with Crippen LogP contribution in [0.3, 0.4) is 0 Å². The molecule has 1 aliphatic rings. The first-order valence-electron chi connectivity index (χ1n) is 7.00. The maximum atomic E-state index is 10.3. The van der Waals surface area contributed by atoms with E-state index in [1.54, 1.807) is 0 Å². The molecule has 0 aliphatic heterocycles. The lowest BCUT2D eigenvalue weighted by molar-refractivity contribution is -0.0886. The monoisotopic (exact) mass is 274 g/mol. The highest BCUT2D eigenvalue weighted by Gasteiger charge is 2.43. The molecule has 18 heavy (non-hydrogen) atoms. The molecule has 4 heteroatoms. The molecule has 1 saturated carbocycles. The lowest BCUT2D eigenvalue weighted by Gasteiger charge is -2.45. The Hall–Kier alpha value is 0.0969. The van der Waals surface area contributed by atoms with Crippen molar-refractivity contribution in [2.45, 2.75) is 76.8 Å². The van der Waals surface area contributed by atoms with Crippen molar-refractivity contribution < 1.29 is 14.6 Å². The molecule has 0 bridgehead atoms. The zero-order valence-electron chi connectivity index (χ0n) is 12.8. The van der Waals surface area contributed by atoms with Gasteiger partial charge in [-0.3, -0.25) is 0 Å². The highest BCUT2D eigenvalue weighted by molar-refractivity contribution is 6.74. The van der Waals surface area contributed by atoms with E-state index in [-0.39, 0.29) is 17.7 Å². The molecule has 0 spiro atoms. The van der Waals surface area contributed by atoms with Crippen molar-refractivity contribution in [2.24, 2.45) is 5.92 Å². The summed E-state index contributed by atoms with van der Waals surface area (Å²) >= 11 is 0. The smallest absolute Gasteiger partial charge is 0.192 e. The molecule has 0 aromatic heterocycles. The summed E-state index contributed by atoms with van der Waals surface area (Å²) in [7, 11) is -1.79. The summed E-state index contributed by atoms with van der Waals surface area (Å²) in [6.07, 6.45) is 2.34. The maximum absolute atomic E-state index is 10.3. The quantitative estimate of drug-likeness (QED) is 0.778. The molecular formula is C14H30O3Si. The average Bonchev–Trinajstić information content (AvgIpc) is 2.13. The van der Waals surface area contributed by atoms with E-state index in [4.69, 9.17) is 4.43 Å². The van der Waals surface area contributed by atoms with Crippen LogP contribution < -0.4 is 0 Å². The fraction of sp³-hybridized carbons (Fsp3) is 1.00. The van der Waals surface area contributed by atoms with Gasteiger partial charge < -0.3 is 14.6 Å². The van der Waals surface area contributed by atoms with Crippen LogP contribution in [0, 0.1) is 5.92 Å². The zero-order valence-corrected chi connectivity index (χ0v) is 13.8. The van der Waals surface area contributed by atoms with E-state index in [0.717, 1.165) is 6.42 Å². The molecule has 3 atom stereocenters. The van der Waals surface area contributed by atoms with Gasteiger partial charge in [0.25, 0.3) is 0 Å². The first-order chi connectivity index (χ1) is 7.99. The molecule has 0 radical (unpaired) electrons. The van der Waals surface area contributed by atoms with Crippen LogP contribution in [0.1, 0.15) is 47.0 Å². The van der Waals surface area contributed by atoms with Crippen LogP contribution >= 0.6 is 0 Å². The third-order valence-corrected chi connectivity index (χ3v) is 9.10. The predicted octanol–water partition coefficient (Wildman–Crippen LogP) is 2.92. The van der Waals surface area contributed by atoms with Gasteiger partial charge in [0.05, 0.1) is 12.2 Å². The molecule has 0 amide bonds. The molecule has 1 fully saturated rings. The number of rotatable bonds is 3. The predicted molar refractivity (Wildman–Crippen MR) is 77.1 cm³/mol. The Morgan fingerprint density at radius 1 is 1.28 bits per heavy atom. The fourth-order valence-corrected chi connectivity index (χ4v) is 3.95. The molecule has 0 aromatic carbocycles. The minimum Gasteiger partial charge on any atom is -0.414 e. The minimum atomic E-state index is -1.79. The first-order valence-corrected chi connectivity index (χ1v) is 9.91. The van der Waals surface area contributed by atoms with Gasteiger partial charge in [0.15, 0.2) is 8.32 Å².